The second-order valence-corrected chi connectivity index (χ2v) is 15.2. The monoisotopic (exact) mass is 548 g/mol. The Morgan fingerprint density at radius 3 is 1.33 bits per heavy atom. The van der Waals surface area contributed by atoms with Crippen LogP contribution >= 0.6 is 7.06 Å². The van der Waals surface area contributed by atoms with Gasteiger partial charge in [-0.3, -0.25) is 0 Å². The van der Waals surface area contributed by atoms with Crippen LogP contribution in [0.5, 0.6) is 0 Å². The molecule has 3 aromatic carbocycles. The third kappa shape index (κ3) is 8.03. The molecule has 0 fully saturated rings. The van der Waals surface area contributed by atoms with E-state index in [2.05, 4.69) is 38.1 Å². The first-order valence-corrected chi connectivity index (χ1v) is 17.7. The van der Waals surface area contributed by atoms with E-state index in [-0.39, 0.29) is 0 Å². The van der Waals surface area contributed by atoms with Crippen molar-refractivity contribution in [3.05, 3.63) is 89.0 Å². The Labute approximate surface area is 239 Å². The van der Waals surface area contributed by atoms with Crippen molar-refractivity contribution >= 4 is 23.0 Å². The van der Waals surface area contributed by atoms with Crippen LogP contribution in [0.3, 0.4) is 0 Å². The summed E-state index contributed by atoms with van der Waals surface area (Å²) < 4.78 is 0. The Morgan fingerprint density at radius 1 is 0.513 bits per heavy atom. The minimum atomic E-state index is -4.63. The normalized spacial score (nSPS) is 12.8. The molecule has 0 saturated heterocycles. The molecular formula is C36H53O2P. The van der Waals surface area contributed by atoms with E-state index in [0.717, 1.165) is 24.0 Å². The van der Waals surface area contributed by atoms with Gasteiger partial charge < -0.3 is 0 Å². The SMILES string of the molecule is CCCCCCCCc1ccc(P(O)(O)(c2ccccc2)c2ccc(CCCCCCCC)cc2C)c(C)c1. The van der Waals surface area contributed by atoms with E-state index in [9.17, 15) is 9.79 Å². The van der Waals surface area contributed by atoms with Crippen molar-refractivity contribution in [3.63, 3.8) is 0 Å². The zero-order chi connectivity index (χ0) is 28.2. The van der Waals surface area contributed by atoms with Crippen molar-refractivity contribution in [3.8, 4) is 0 Å². The van der Waals surface area contributed by atoms with Crippen LogP contribution in [0.15, 0.2) is 66.7 Å². The van der Waals surface area contributed by atoms with Gasteiger partial charge in [0, 0.05) is 0 Å². The van der Waals surface area contributed by atoms with Crippen LogP contribution < -0.4 is 15.9 Å². The molecule has 3 aromatic rings. The molecule has 39 heavy (non-hydrogen) atoms. The molecule has 3 heteroatoms. The molecule has 0 bridgehead atoms. The average molecular weight is 549 g/mol. The van der Waals surface area contributed by atoms with Gasteiger partial charge >= 0.3 is 239 Å². The second-order valence-electron chi connectivity index (χ2n) is 11.6. The molecule has 0 aliphatic carbocycles. The first-order valence-electron chi connectivity index (χ1n) is 15.6. The van der Waals surface area contributed by atoms with Crippen LogP contribution in [-0.4, -0.2) is 9.79 Å². The van der Waals surface area contributed by atoms with Gasteiger partial charge in [0.1, 0.15) is 0 Å². The third-order valence-corrected chi connectivity index (χ3v) is 12.4. The molecule has 0 unspecified atom stereocenters. The van der Waals surface area contributed by atoms with E-state index in [1.165, 1.54) is 88.2 Å². The fourth-order valence-electron chi connectivity index (χ4n) is 6.03. The Hall–Kier alpha value is -1.99. The summed E-state index contributed by atoms with van der Waals surface area (Å²) in [6, 6.07) is 22.1. The van der Waals surface area contributed by atoms with Crippen LogP contribution in [-0.2, 0) is 12.8 Å². The second kappa shape index (κ2) is 15.1. The van der Waals surface area contributed by atoms with E-state index in [1.807, 2.05) is 56.3 Å². The molecule has 0 spiro atoms. The van der Waals surface area contributed by atoms with Gasteiger partial charge in [0.25, 0.3) is 0 Å². The molecule has 0 saturated carbocycles. The van der Waals surface area contributed by atoms with E-state index < -0.39 is 7.06 Å². The Balaban J connectivity index is 1.88. The zero-order valence-electron chi connectivity index (χ0n) is 25.1. The first-order chi connectivity index (χ1) is 18.8. The molecule has 3 rings (SSSR count). The molecule has 0 heterocycles. The fraction of sp³-hybridized carbons (Fsp3) is 0.500. The van der Waals surface area contributed by atoms with E-state index >= 15 is 0 Å². The quantitative estimate of drug-likeness (QED) is 0.131. The zero-order valence-corrected chi connectivity index (χ0v) is 26.0. The third-order valence-electron chi connectivity index (χ3n) is 8.32. The van der Waals surface area contributed by atoms with Crippen LogP contribution in [0.4, 0.5) is 0 Å². The summed E-state index contributed by atoms with van der Waals surface area (Å²) in [6.07, 6.45) is 17.4. The molecule has 0 atom stereocenters. The predicted molar refractivity (Wildman–Crippen MR) is 173 cm³/mol. The summed E-state index contributed by atoms with van der Waals surface area (Å²) in [7, 11) is -4.63. The van der Waals surface area contributed by atoms with Gasteiger partial charge in [0.05, 0.1) is 0 Å². The van der Waals surface area contributed by atoms with Crippen LogP contribution in [0.2, 0.25) is 0 Å². The number of aryl methyl sites for hydroxylation is 4. The Kier molecular flexibility index (Phi) is 12.2. The number of hydrogen-bond acceptors (Lipinski definition) is 2. The standard InChI is InChI=1S/C36H53O2P/c1-5-7-9-11-13-16-20-32-24-26-35(30(3)28-32)39(37,38,34-22-18-15-19-23-34)36-27-25-33(29-31(36)4)21-17-14-12-10-8-6-2/h15,18-19,22-29,37-38H,5-14,16-17,20-21H2,1-4H3. The number of unbranched alkanes of at least 4 members (excludes halogenated alkanes) is 10. The average Bonchev–Trinajstić information content (AvgIpc) is 2.93. The van der Waals surface area contributed by atoms with Gasteiger partial charge in [0.2, 0.25) is 0 Å². The van der Waals surface area contributed by atoms with Gasteiger partial charge in [-0.25, -0.2) is 0 Å². The van der Waals surface area contributed by atoms with E-state index in [0.29, 0.717) is 15.9 Å². The van der Waals surface area contributed by atoms with Crippen molar-refractivity contribution in [1.29, 1.82) is 0 Å². The van der Waals surface area contributed by atoms with Crippen LogP contribution in [0.25, 0.3) is 0 Å². The van der Waals surface area contributed by atoms with Crippen LogP contribution in [0.1, 0.15) is 113 Å². The van der Waals surface area contributed by atoms with Gasteiger partial charge in [0.15, 0.2) is 0 Å². The van der Waals surface area contributed by atoms with Crippen molar-refractivity contribution in [2.75, 3.05) is 0 Å². The molecule has 0 aromatic heterocycles. The molecule has 2 nitrogen and oxygen atoms in total. The van der Waals surface area contributed by atoms with Gasteiger partial charge in [-0.2, -0.15) is 0 Å². The molecular weight excluding hydrogens is 495 g/mol. The minimum absolute atomic E-state index is 0.599. The van der Waals surface area contributed by atoms with E-state index in [1.54, 1.807) is 0 Å². The molecule has 214 valence electrons. The maximum absolute atomic E-state index is 12.7. The number of rotatable bonds is 17. The van der Waals surface area contributed by atoms with Crippen molar-refractivity contribution in [2.24, 2.45) is 0 Å². The summed E-state index contributed by atoms with van der Waals surface area (Å²) in [5.41, 5.74) is 4.48. The van der Waals surface area contributed by atoms with Gasteiger partial charge in [-0.15, -0.1) is 0 Å². The van der Waals surface area contributed by atoms with E-state index in [4.69, 9.17) is 0 Å². The number of hydrogen-bond donors (Lipinski definition) is 2. The summed E-state index contributed by atoms with van der Waals surface area (Å²) in [4.78, 5) is 25.4. The maximum atomic E-state index is 12.7. The molecule has 0 aliphatic heterocycles. The topological polar surface area (TPSA) is 40.5 Å². The fourth-order valence-corrected chi connectivity index (χ4v) is 9.77. The molecule has 0 aliphatic rings. The summed E-state index contributed by atoms with van der Waals surface area (Å²) in [5.74, 6) is 0. The Morgan fingerprint density at radius 2 is 0.923 bits per heavy atom. The molecule has 0 amide bonds. The Bertz CT molecular complexity index is 1080. The first kappa shape index (κ1) is 31.5. The molecule has 0 radical (unpaired) electrons. The number of benzene rings is 3. The van der Waals surface area contributed by atoms with Crippen molar-refractivity contribution in [2.45, 2.75) is 118 Å². The van der Waals surface area contributed by atoms with Crippen molar-refractivity contribution in [1.82, 2.24) is 0 Å². The van der Waals surface area contributed by atoms with Gasteiger partial charge in [-0.05, 0) is 0 Å². The summed E-state index contributed by atoms with van der Waals surface area (Å²) in [5, 5.41) is 1.92. The van der Waals surface area contributed by atoms with Crippen molar-refractivity contribution < 1.29 is 9.79 Å². The molecule has 2 N–H and O–H groups in total. The summed E-state index contributed by atoms with van der Waals surface area (Å²) in [6.45, 7) is 8.59. The van der Waals surface area contributed by atoms with Crippen LogP contribution in [0, 0.1) is 13.8 Å². The predicted octanol–water partition coefficient (Wildman–Crippen LogP) is 8.75. The van der Waals surface area contributed by atoms with Gasteiger partial charge in [-0.1, -0.05) is 0 Å². The summed E-state index contributed by atoms with van der Waals surface area (Å²) >= 11 is 0.